The standard InChI is InChI=1S/C20H21FN2O4S/c1-13(24)20-10-14-12-22-23(17-6-4-16(21)5-7-17)19(14)9-15(20)3-8-18(11-20)27-28(2,25)26/h4-7,9,12,18H,3,8,10-11H2,1-2H3/t18-,20-/m1/s1. The number of ketones is 1. The number of Topliss-reactive ketones (excluding diaryl/α,β-unsaturated/α-hetero) is 1. The lowest BCUT2D eigenvalue weighted by molar-refractivity contribution is -0.127. The molecule has 0 aliphatic heterocycles. The van der Waals surface area contributed by atoms with Gasteiger partial charge in [0.1, 0.15) is 11.6 Å². The number of nitrogens with zero attached hydrogens (tertiary/aromatic N) is 2. The number of carbonyl (C=O) groups is 1. The number of hydrogen-bond donors (Lipinski definition) is 0. The summed E-state index contributed by atoms with van der Waals surface area (Å²) in [5.41, 5.74) is 2.73. The lowest BCUT2D eigenvalue weighted by atomic mass is 9.62. The Hall–Kier alpha value is -2.32. The third-order valence-corrected chi connectivity index (χ3v) is 6.29. The fourth-order valence-electron chi connectivity index (χ4n) is 4.36. The third-order valence-electron chi connectivity index (χ3n) is 5.67. The van der Waals surface area contributed by atoms with Gasteiger partial charge in [-0.15, -0.1) is 0 Å². The molecule has 2 aromatic rings. The van der Waals surface area contributed by atoms with Gasteiger partial charge in [0.2, 0.25) is 0 Å². The zero-order valence-electron chi connectivity index (χ0n) is 15.7. The Kier molecular flexibility index (Phi) is 4.50. The summed E-state index contributed by atoms with van der Waals surface area (Å²) in [6, 6.07) is 6.08. The molecule has 2 aliphatic carbocycles. The van der Waals surface area contributed by atoms with E-state index in [9.17, 15) is 17.6 Å². The van der Waals surface area contributed by atoms with Crippen LogP contribution >= 0.6 is 0 Å². The van der Waals surface area contributed by atoms with Crippen molar-refractivity contribution in [2.24, 2.45) is 5.41 Å². The van der Waals surface area contributed by atoms with Crippen LogP contribution in [0.4, 0.5) is 4.39 Å². The van der Waals surface area contributed by atoms with Crippen molar-refractivity contribution in [3.63, 3.8) is 0 Å². The van der Waals surface area contributed by atoms with Crippen molar-refractivity contribution in [2.45, 2.75) is 38.7 Å². The van der Waals surface area contributed by atoms with E-state index in [1.165, 1.54) is 12.1 Å². The van der Waals surface area contributed by atoms with Crippen molar-refractivity contribution in [1.82, 2.24) is 9.78 Å². The molecule has 6 nitrogen and oxygen atoms in total. The number of rotatable bonds is 4. The maximum absolute atomic E-state index is 13.2. The molecule has 2 aliphatic rings. The van der Waals surface area contributed by atoms with Gasteiger partial charge in [0.15, 0.2) is 0 Å². The first kappa shape index (κ1) is 19.0. The molecule has 0 saturated heterocycles. The molecule has 8 heteroatoms. The Morgan fingerprint density at radius 2 is 2.04 bits per heavy atom. The highest BCUT2D eigenvalue weighted by Crippen LogP contribution is 2.49. The van der Waals surface area contributed by atoms with Crippen LogP contribution in [0.1, 0.15) is 37.4 Å². The predicted octanol–water partition coefficient (Wildman–Crippen LogP) is 3.06. The van der Waals surface area contributed by atoms with E-state index in [1.807, 2.05) is 6.08 Å². The second kappa shape index (κ2) is 6.63. The quantitative estimate of drug-likeness (QED) is 0.732. The third kappa shape index (κ3) is 3.31. The van der Waals surface area contributed by atoms with Gasteiger partial charge in [-0.1, -0.05) is 5.57 Å². The number of carbonyl (C=O) groups excluding carboxylic acids is 1. The average molecular weight is 404 g/mol. The Morgan fingerprint density at radius 3 is 2.68 bits per heavy atom. The SMILES string of the molecule is CC(=O)[C@]12Cc3cnn(-c4ccc(F)cc4)c3C=C1CC[C@@H](OS(C)(=O)=O)C2. The lowest BCUT2D eigenvalue weighted by Crippen LogP contribution is -2.43. The van der Waals surface area contributed by atoms with Crippen LogP contribution in [0.25, 0.3) is 11.8 Å². The Morgan fingerprint density at radius 1 is 1.32 bits per heavy atom. The van der Waals surface area contributed by atoms with E-state index in [1.54, 1.807) is 29.9 Å². The number of aromatic nitrogens is 2. The first-order valence-electron chi connectivity index (χ1n) is 9.11. The molecule has 0 amide bonds. The van der Waals surface area contributed by atoms with E-state index in [2.05, 4.69) is 5.10 Å². The fraction of sp³-hybridized carbons (Fsp3) is 0.400. The van der Waals surface area contributed by atoms with Gasteiger partial charge in [0.05, 0.1) is 35.4 Å². The summed E-state index contributed by atoms with van der Waals surface area (Å²) in [5.74, 6) is -0.316. The van der Waals surface area contributed by atoms with Crippen LogP contribution in [0.5, 0.6) is 0 Å². The predicted molar refractivity (Wildman–Crippen MR) is 102 cm³/mol. The van der Waals surface area contributed by atoms with Crippen LogP contribution in [0.3, 0.4) is 0 Å². The number of benzene rings is 1. The van der Waals surface area contributed by atoms with Crippen molar-refractivity contribution < 1.29 is 21.8 Å². The fourth-order valence-corrected chi connectivity index (χ4v) is 5.02. The van der Waals surface area contributed by atoms with E-state index in [4.69, 9.17) is 4.18 Å². The Labute approximate surface area is 163 Å². The second-order valence-corrected chi connectivity index (χ2v) is 9.19. The summed E-state index contributed by atoms with van der Waals surface area (Å²) in [6.45, 7) is 1.55. The molecule has 0 unspecified atom stereocenters. The highest BCUT2D eigenvalue weighted by molar-refractivity contribution is 7.86. The summed E-state index contributed by atoms with van der Waals surface area (Å²) in [5, 5.41) is 4.44. The summed E-state index contributed by atoms with van der Waals surface area (Å²) in [4.78, 5) is 12.7. The van der Waals surface area contributed by atoms with Crippen molar-refractivity contribution >= 4 is 22.0 Å². The van der Waals surface area contributed by atoms with Crippen LogP contribution in [0, 0.1) is 11.2 Å². The molecule has 1 aromatic heterocycles. The van der Waals surface area contributed by atoms with Crippen LogP contribution in [0.2, 0.25) is 0 Å². The van der Waals surface area contributed by atoms with Crippen molar-refractivity contribution in [3.05, 3.63) is 53.1 Å². The van der Waals surface area contributed by atoms with Gasteiger partial charge >= 0.3 is 0 Å². The minimum Gasteiger partial charge on any atom is -0.299 e. The van der Waals surface area contributed by atoms with Crippen molar-refractivity contribution in [1.29, 1.82) is 0 Å². The molecule has 1 aromatic carbocycles. The Bertz CT molecular complexity index is 1070. The molecular formula is C20H21FN2O4S. The van der Waals surface area contributed by atoms with Crippen LogP contribution < -0.4 is 0 Å². The molecule has 1 fully saturated rings. The molecule has 1 heterocycles. The van der Waals surface area contributed by atoms with Gasteiger partial charge in [-0.25, -0.2) is 9.07 Å². The number of halogens is 1. The van der Waals surface area contributed by atoms with E-state index in [0.29, 0.717) is 25.7 Å². The molecular weight excluding hydrogens is 383 g/mol. The van der Waals surface area contributed by atoms with E-state index >= 15 is 0 Å². The summed E-state index contributed by atoms with van der Waals surface area (Å²) < 4.78 is 43.3. The van der Waals surface area contributed by atoms with Gasteiger partial charge in [0, 0.05) is 0 Å². The minimum absolute atomic E-state index is 0.000679. The van der Waals surface area contributed by atoms with Gasteiger partial charge in [-0.05, 0) is 68.5 Å². The number of fused-ring (bicyclic) bond motifs is 2. The van der Waals surface area contributed by atoms with Gasteiger partial charge < -0.3 is 0 Å². The first-order valence-corrected chi connectivity index (χ1v) is 10.9. The van der Waals surface area contributed by atoms with Crippen LogP contribution in [-0.4, -0.2) is 36.3 Å². The lowest BCUT2D eigenvalue weighted by Gasteiger charge is -2.43. The maximum Gasteiger partial charge on any atom is 0.264 e. The molecule has 0 spiro atoms. The second-order valence-electron chi connectivity index (χ2n) is 7.59. The molecule has 4 rings (SSSR count). The zero-order chi connectivity index (χ0) is 20.1. The van der Waals surface area contributed by atoms with E-state index < -0.39 is 21.6 Å². The molecule has 28 heavy (non-hydrogen) atoms. The summed E-state index contributed by atoms with van der Waals surface area (Å²) >= 11 is 0. The zero-order valence-corrected chi connectivity index (χ0v) is 16.5. The minimum atomic E-state index is -3.59. The molecule has 2 atom stereocenters. The Balaban J connectivity index is 1.73. The summed E-state index contributed by atoms with van der Waals surface area (Å²) in [7, 11) is -3.59. The van der Waals surface area contributed by atoms with E-state index in [-0.39, 0.29) is 11.6 Å². The molecule has 1 saturated carbocycles. The number of allylic oxidation sites excluding steroid dienone is 1. The van der Waals surface area contributed by atoms with Crippen LogP contribution in [0.15, 0.2) is 36.0 Å². The molecule has 0 bridgehead atoms. The van der Waals surface area contributed by atoms with Crippen molar-refractivity contribution in [3.8, 4) is 5.69 Å². The summed E-state index contributed by atoms with van der Waals surface area (Å²) in [6.07, 6.45) is 6.12. The molecule has 0 radical (unpaired) electrons. The van der Waals surface area contributed by atoms with Crippen LogP contribution in [-0.2, 0) is 25.5 Å². The highest BCUT2D eigenvalue weighted by Gasteiger charge is 2.47. The van der Waals surface area contributed by atoms with Gasteiger partial charge in [-0.3, -0.25) is 8.98 Å². The largest absolute Gasteiger partial charge is 0.299 e. The average Bonchev–Trinajstić information content (AvgIpc) is 3.01. The topological polar surface area (TPSA) is 78.3 Å². The first-order chi connectivity index (χ1) is 13.2. The van der Waals surface area contributed by atoms with Gasteiger partial charge in [-0.2, -0.15) is 13.5 Å². The molecule has 148 valence electrons. The smallest absolute Gasteiger partial charge is 0.264 e. The molecule has 0 N–H and O–H groups in total. The highest BCUT2D eigenvalue weighted by atomic mass is 32.2. The monoisotopic (exact) mass is 404 g/mol. The maximum atomic E-state index is 13.2. The van der Waals surface area contributed by atoms with Gasteiger partial charge in [0.25, 0.3) is 10.1 Å². The number of hydrogen-bond acceptors (Lipinski definition) is 5. The van der Waals surface area contributed by atoms with E-state index in [0.717, 1.165) is 28.8 Å². The van der Waals surface area contributed by atoms with Crippen molar-refractivity contribution in [2.75, 3.05) is 6.26 Å². The normalized spacial score (nSPS) is 24.2.